The van der Waals surface area contributed by atoms with E-state index in [9.17, 15) is 5.11 Å². The standard InChI is InChI=1S/C23H25N5O4/c1-30-20-11-15(12-24-22(20)31-2)18-7-6-17-19(25-18)14-28(23(17)29)21-8-9-27(26-21)13-16-5-3-4-10-32-16/h6-9,11-12,14,16,29H,3-5,10,13H2,1-2H3. The van der Waals surface area contributed by atoms with Gasteiger partial charge in [0.15, 0.2) is 11.6 Å². The monoisotopic (exact) mass is 435 g/mol. The summed E-state index contributed by atoms with van der Waals surface area (Å²) in [5.41, 5.74) is 2.15. The van der Waals surface area contributed by atoms with Crippen molar-refractivity contribution >= 4 is 10.9 Å². The van der Waals surface area contributed by atoms with Crippen molar-refractivity contribution in [2.75, 3.05) is 20.8 Å². The molecule has 0 radical (unpaired) electrons. The summed E-state index contributed by atoms with van der Waals surface area (Å²) in [6.07, 6.45) is 8.92. The van der Waals surface area contributed by atoms with Gasteiger partial charge in [-0.2, -0.15) is 5.10 Å². The maximum absolute atomic E-state index is 10.8. The summed E-state index contributed by atoms with van der Waals surface area (Å²) in [5.74, 6) is 1.67. The molecule has 4 aromatic heterocycles. The second-order valence-corrected chi connectivity index (χ2v) is 7.77. The highest BCUT2D eigenvalue weighted by atomic mass is 16.5. The first-order valence-electron chi connectivity index (χ1n) is 10.6. The first kappa shape index (κ1) is 20.3. The van der Waals surface area contributed by atoms with Gasteiger partial charge < -0.3 is 19.3 Å². The molecular weight excluding hydrogens is 410 g/mol. The SMILES string of the molecule is COc1cc(-c2ccc3c(O)n(-c4ccn(CC5CCCCO5)n4)cc3n2)cnc1OC. The molecule has 166 valence electrons. The predicted molar refractivity (Wildman–Crippen MR) is 118 cm³/mol. The molecule has 1 aliphatic rings. The van der Waals surface area contributed by atoms with Crippen LogP contribution >= 0.6 is 0 Å². The average molecular weight is 435 g/mol. The summed E-state index contributed by atoms with van der Waals surface area (Å²) < 4.78 is 19.9. The Labute approximate surface area is 185 Å². The fourth-order valence-corrected chi connectivity index (χ4v) is 4.02. The van der Waals surface area contributed by atoms with Gasteiger partial charge in [0.1, 0.15) is 0 Å². The van der Waals surface area contributed by atoms with Crippen LogP contribution in [0.3, 0.4) is 0 Å². The predicted octanol–water partition coefficient (Wildman–Crippen LogP) is 3.58. The topological polar surface area (TPSA) is 96.5 Å². The molecule has 0 saturated carbocycles. The second-order valence-electron chi connectivity index (χ2n) is 7.77. The summed E-state index contributed by atoms with van der Waals surface area (Å²) in [6, 6.07) is 7.38. The molecule has 9 nitrogen and oxygen atoms in total. The molecule has 0 spiro atoms. The Hall–Kier alpha value is -3.59. The van der Waals surface area contributed by atoms with Gasteiger partial charge in [-0.05, 0) is 37.5 Å². The Bertz CT molecular complexity index is 1240. The summed E-state index contributed by atoms with van der Waals surface area (Å²) in [5, 5.41) is 16.1. The van der Waals surface area contributed by atoms with Crippen LogP contribution in [0.5, 0.6) is 17.5 Å². The lowest BCUT2D eigenvalue weighted by molar-refractivity contribution is 0.00399. The van der Waals surface area contributed by atoms with E-state index in [1.807, 2.05) is 35.1 Å². The van der Waals surface area contributed by atoms with Gasteiger partial charge in [0.25, 0.3) is 5.88 Å². The van der Waals surface area contributed by atoms with Gasteiger partial charge in [-0.3, -0.25) is 9.25 Å². The van der Waals surface area contributed by atoms with Gasteiger partial charge in [-0.15, -0.1) is 0 Å². The Kier molecular flexibility index (Phi) is 5.40. The van der Waals surface area contributed by atoms with E-state index in [0.717, 1.165) is 25.0 Å². The lowest BCUT2D eigenvalue weighted by atomic mass is 10.1. The molecule has 1 unspecified atom stereocenters. The van der Waals surface area contributed by atoms with Crippen LogP contribution in [0.15, 0.2) is 42.9 Å². The molecule has 0 bridgehead atoms. The van der Waals surface area contributed by atoms with Gasteiger partial charge in [0.2, 0.25) is 5.88 Å². The highest BCUT2D eigenvalue weighted by Crippen LogP contribution is 2.33. The van der Waals surface area contributed by atoms with Gasteiger partial charge in [-0.25, -0.2) is 9.97 Å². The highest BCUT2D eigenvalue weighted by Gasteiger charge is 2.17. The zero-order chi connectivity index (χ0) is 22.1. The molecule has 1 atom stereocenters. The van der Waals surface area contributed by atoms with Gasteiger partial charge in [0.05, 0.1) is 43.5 Å². The van der Waals surface area contributed by atoms with Crippen LogP contribution in [-0.4, -0.2) is 56.4 Å². The van der Waals surface area contributed by atoms with Gasteiger partial charge in [-0.1, -0.05) is 0 Å². The third kappa shape index (κ3) is 3.75. The highest BCUT2D eigenvalue weighted by molar-refractivity contribution is 5.87. The van der Waals surface area contributed by atoms with Crippen LogP contribution < -0.4 is 9.47 Å². The molecule has 1 saturated heterocycles. The van der Waals surface area contributed by atoms with Crippen molar-refractivity contribution in [2.24, 2.45) is 0 Å². The van der Waals surface area contributed by atoms with Gasteiger partial charge >= 0.3 is 0 Å². The number of aromatic hydroxyl groups is 1. The molecular formula is C23H25N5O4. The summed E-state index contributed by atoms with van der Waals surface area (Å²) in [6.45, 7) is 1.52. The van der Waals surface area contributed by atoms with E-state index in [1.54, 1.807) is 31.2 Å². The Morgan fingerprint density at radius 1 is 1.19 bits per heavy atom. The maximum Gasteiger partial charge on any atom is 0.256 e. The Morgan fingerprint density at radius 3 is 2.88 bits per heavy atom. The zero-order valence-electron chi connectivity index (χ0n) is 18.1. The number of hydrogen-bond donors (Lipinski definition) is 1. The number of ether oxygens (including phenoxy) is 3. The average Bonchev–Trinajstić information content (AvgIpc) is 3.43. The largest absolute Gasteiger partial charge is 0.494 e. The van der Waals surface area contributed by atoms with Gasteiger partial charge in [0, 0.05) is 36.8 Å². The third-order valence-corrected chi connectivity index (χ3v) is 5.71. The fourth-order valence-electron chi connectivity index (χ4n) is 4.02. The van der Waals surface area contributed by atoms with Crippen molar-refractivity contribution in [3.8, 4) is 34.6 Å². The van der Waals surface area contributed by atoms with E-state index >= 15 is 0 Å². The van der Waals surface area contributed by atoms with E-state index in [0.29, 0.717) is 40.6 Å². The fraction of sp³-hybridized carbons (Fsp3) is 0.348. The van der Waals surface area contributed by atoms with Crippen LogP contribution in [0.25, 0.3) is 28.0 Å². The minimum absolute atomic E-state index is 0.101. The lowest BCUT2D eigenvalue weighted by Crippen LogP contribution is -2.24. The number of methoxy groups -OCH3 is 2. The molecule has 0 aromatic carbocycles. The normalized spacial score (nSPS) is 16.4. The van der Waals surface area contributed by atoms with Crippen molar-refractivity contribution < 1.29 is 19.3 Å². The van der Waals surface area contributed by atoms with Crippen LogP contribution in [0.4, 0.5) is 0 Å². The third-order valence-electron chi connectivity index (χ3n) is 5.71. The molecule has 5 rings (SSSR count). The van der Waals surface area contributed by atoms with Crippen LogP contribution in [0.1, 0.15) is 19.3 Å². The second kappa shape index (κ2) is 8.51. The zero-order valence-corrected chi connectivity index (χ0v) is 18.1. The number of nitrogens with zero attached hydrogens (tertiary/aromatic N) is 5. The molecule has 4 aromatic rings. The van der Waals surface area contributed by atoms with E-state index < -0.39 is 0 Å². The number of fused-ring (bicyclic) bond motifs is 1. The first-order chi connectivity index (χ1) is 15.7. The smallest absolute Gasteiger partial charge is 0.256 e. The number of rotatable bonds is 6. The van der Waals surface area contributed by atoms with Crippen molar-refractivity contribution in [1.82, 2.24) is 24.3 Å². The molecule has 32 heavy (non-hydrogen) atoms. The van der Waals surface area contributed by atoms with Crippen molar-refractivity contribution in [3.05, 3.63) is 42.9 Å². The molecule has 1 fully saturated rings. The van der Waals surface area contributed by atoms with E-state index in [1.165, 1.54) is 6.42 Å². The molecule has 1 aliphatic heterocycles. The van der Waals surface area contributed by atoms with E-state index in [4.69, 9.17) is 19.2 Å². The van der Waals surface area contributed by atoms with Crippen LogP contribution in [0, 0.1) is 0 Å². The molecule has 1 N–H and O–H groups in total. The lowest BCUT2D eigenvalue weighted by Gasteiger charge is -2.22. The quantitative estimate of drug-likeness (QED) is 0.494. The van der Waals surface area contributed by atoms with E-state index in [-0.39, 0.29) is 12.0 Å². The summed E-state index contributed by atoms with van der Waals surface area (Å²) >= 11 is 0. The first-order valence-corrected chi connectivity index (χ1v) is 10.6. The maximum atomic E-state index is 10.8. The Balaban J connectivity index is 1.44. The molecule has 0 amide bonds. The number of hydrogen-bond acceptors (Lipinski definition) is 7. The molecule has 9 heteroatoms. The minimum atomic E-state index is 0.101. The van der Waals surface area contributed by atoms with Crippen LogP contribution in [0.2, 0.25) is 0 Å². The minimum Gasteiger partial charge on any atom is -0.494 e. The molecule has 0 aliphatic carbocycles. The summed E-state index contributed by atoms with van der Waals surface area (Å²) in [4.78, 5) is 8.99. The Morgan fingerprint density at radius 2 is 2.09 bits per heavy atom. The van der Waals surface area contributed by atoms with Crippen molar-refractivity contribution in [3.63, 3.8) is 0 Å². The van der Waals surface area contributed by atoms with E-state index in [2.05, 4.69) is 10.1 Å². The molecule has 5 heterocycles. The summed E-state index contributed by atoms with van der Waals surface area (Å²) in [7, 11) is 3.11. The van der Waals surface area contributed by atoms with Crippen molar-refractivity contribution in [2.45, 2.75) is 31.9 Å². The number of aromatic nitrogens is 5. The van der Waals surface area contributed by atoms with Crippen molar-refractivity contribution in [1.29, 1.82) is 0 Å². The van der Waals surface area contributed by atoms with Crippen LogP contribution in [-0.2, 0) is 11.3 Å². The number of pyridine rings is 2.